The van der Waals surface area contributed by atoms with Crippen LogP contribution in [-0.4, -0.2) is 28.1 Å². The smallest absolute Gasteiger partial charge is 0.250 e. The molecular formula is C15H17BrN2O2S2. The van der Waals surface area contributed by atoms with E-state index in [9.17, 15) is 8.42 Å². The van der Waals surface area contributed by atoms with Gasteiger partial charge in [0.15, 0.2) is 0 Å². The van der Waals surface area contributed by atoms with Gasteiger partial charge in [0.1, 0.15) is 4.21 Å². The average molecular weight is 401 g/mol. The van der Waals surface area contributed by atoms with E-state index in [1.165, 1.54) is 22.6 Å². The van der Waals surface area contributed by atoms with Gasteiger partial charge in [-0.15, -0.1) is 11.3 Å². The molecule has 3 rings (SSSR count). The zero-order chi connectivity index (χ0) is 15.6. The highest BCUT2D eigenvalue weighted by Gasteiger charge is 2.19. The Labute approximate surface area is 143 Å². The third-order valence-corrected chi connectivity index (χ3v) is 7.27. The van der Waals surface area contributed by atoms with Crippen molar-refractivity contribution in [3.8, 4) is 0 Å². The first-order chi connectivity index (χ1) is 10.6. The second kappa shape index (κ2) is 6.70. The van der Waals surface area contributed by atoms with Crippen LogP contribution in [0, 0.1) is 0 Å². The molecule has 4 nitrogen and oxygen atoms in total. The minimum absolute atomic E-state index is 0.353. The molecule has 0 atom stereocenters. The SMILES string of the molecule is O=S(=O)(NCCCN1CCc2ccccc21)c1ccc(Br)s1. The van der Waals surface area contributed by atoms with Gasteiger partial charge in [-0.2, -0.15) is 0 Å². The minimum atomic E-state index is -3.38. The van der Waals surface area contributed by atoms with Gasteiger partial charge in [0.05, 0.1) is 3.79 Å². The van der Waals surface area contributed by atoms with E-state index in [1.54, 1.807) is 12.1 Å². The van der Waals surface area contributed by atoms with E-state index in [0.29, 0.717) is 10.8 Å². The lowest BCUT2D eigenvalue weighted by molar-refractivity contribution is 0.580. The van der Waals surface area contributed by atoms with Crippen molar-refractivity contribution in [1.29, 1.82) is 0 Å². The van der Waals surface area contributed by atoms with Gasteiger partial charge in [-0.1, -0.05) is 18.2 Å². The number of hydrogen-bond acceptors (Lipinski definition) is 4. The Hall–Kier alpha value is -0.890. The molecule has 0 amide bonds. The molecule has 1 aliphatic heterocycles. The predicted molar refractivity (Wildman–Crippen MR) is 94.2 cm³/mol. The van der Waals surface area contributed by atoms with E-state index >= 15 is 0 Å². The average Bonchev–Trinajstić information content (AvgIpc) is 3.11. The Kier molecular flexibility index (Phi) is 4.87. The van der Waals surface area contributed by atoms with Crippen LogP contribution in [0.5, 0.6) is 0 Å². The first-order valence-corrected chi connectivity index (χ1v) is 10.2. The van der Waals surface area contributed by atoms with Crippen LogP contribution in [0.15, 0.2) is 44.4 Å². The Balaban J connectivity index is 1.50. The highest BCUT2D eigenvalue weighted by molar-refractivity contribution is 9.11. The van der Waals surface area contributed by atoms with Gasteiger partial charge in [-0.3, -0.25) is 0 Å². The van der Waals surface area contributed by atoms with Crippen molar-refractivity contribution >= 4 is 43.0 Å². The minimum Gasteiger partial charge on any atom is -0.371 e. The number of hydrogen-bond donors (Lipinski definition) is 1. The number of anilines is 1. The fourth-order valence-corrected chi connectivity index (χ4v) is 5.76. The van der Waals surface area contributed by atoms with Crippen LogP contribution in [0.25, 0.3) is 0 Å². The van der Waals surface area contributed by atoms with Crippen LogP contribution in [0.4, 0.5) is 5.69 Å². The van der Waals surface area contributed by atoms with E-state index in [0.717, 1.165) is 29.7 Å². The van der Waals surface area contributed by atoms with Crippen molar-refractivity contribution in [2.45, 2.75) is 17.1 Å². The summed E-state index contributed by atoms with van der Waals surface area (Å²) in [5.74, 6) is 0. The summed E-state index contributed by atoms with van der Waals surface area (Å²) in [6, 6.07) is 11.8. The van der Waals surface area contributed by atoms with Crippen molar-refractivity contribution in [2.75, 3.05) is 24.5 Å². The van der Waals surface area contributed by atoms with Crippen LogP contribution < -0.4 is 9.62 Å². The molecule has 0 radical (unpaired) electrons. The number of rotatable bonds is 6. The molecule has 1 aromatic carbocycles. The van der Waals surface area contributed by atoms with Crippen molar-refractivity contribution in [1.82, 2.24) is 4.72 Å². The Morgan fingerprint density at radius 1 is 1.23 bits per heavy atom. The molecule has 0 bridgehead atoms. The molecule has 22 heavy (non-hydrogen) atoms. The van der Waals surface area contributed by atoms with E-state index < -0.39 is 10.0 Å². The number of nitrogens with one attached hydrogen (secondary N) is 1. The molecule has 1 N–H and O–H groups in total. The lowest BCUT2D eigenvalue weighted by Crippen LogP contribution is -2.28. The maximum absolute atomic E-state index is 12.1. The zero-order valence-electron chi connectivity index (χ0n) is 12.0. The van der Waals surface area contributed by atoms with Crippen molar-refractivity contribution in [3.05, 3.63) is 45.7 Å². The molecule has 0 unspecified atom stereocenters. The fraction of sp³-hybridized carbons (Fsp3) is 0.333. The number of nitrogens with zero attached hydrogens (tertiary/aromatic N) is 1. The van der Waals surface area contributed by atoms with Crippen molar-refractivity contribution < 1.29 is 8.42 Å². The summed E-state index contributed by atoms with van der Waals surface area (Å²) < 4.78 is 28.1. The maximum Gasteiger partial charge on any atom is 0.250 e. The van der Waals surface area contributed by atoms with Crippen molar-refractivity contribution in [2.24, 2.45) is 0 Å². The van der Waals surface area contributed by atoms with E-state index in [1.807, 2.05) is 0 Å². The van der Waals surface area contributed by atoms with Crippen LogP contribution >= 0.6 is 27.3 Å². The quantitative estimate of drug-likeness (QED) is 0.757. The predicted octanol–water partition coefficient (Wildman–Crippen LogP) is 3.24. The molecule has 2 aromatic rings. The monoisotopic (exact) mass is 400 g/mol. The summed E-state index contributed by atoms with van der Waals surface area (Å²) in [6.45, 7) is 2.34. The third kappa shape index (κ3) is 3.53. The molecule has 0 fully saturated rings. The summed E-state index contributed by atoms with van der Waals surface area (Å²) in [4.78, 5) is 2.32. The standard InChI is InChI=1S/C15H17BrN2O2S2/c16-14-6-7-15(21-14)22(19,20)17-9-3-10-18-11-8-12-4-1-2-5-13(12)18/h1-2,4-7,17H,3,8-11H2. The van der Waals surface area contributed by atoms with Gasteiger partial charge in [-0.25, -0.2) is 13.1 Å². The highest BCUT2D eigenvalue weighted by atomic mass is 79.9. The lowest BCUT2D eigenvalue weighted by Gasteiger charge is -2.19. The largest absolute Gasteiger partial charge is 0.371 e. The van der Waals surface area contributed by atoms with Gasteiger partial charge in [0.25, 0.3) is 0 Å². The Bertz CT molecular complexity index is 758. The number of sulfonamides is 1. The topological polar surface area (TPSA) is 49.4 Å². The fourth-order valence-electron chi connectivity index (χ4n) is 2.63. The maximum atomic E-state index is 12.1. The number of fused-ring (bicyclic) bond motifs is 1. The number of thiophene rings is 1. The van der Waals surface area contributed by atoms with Crippen LogP contribution in [0.3, 0.4) is 0 Å². The van der Waals surface area contributed by atoms with Gasteiger partial charge in [0, 0.05) is 25.3 Å². The van der Waals surface area contributed by atoms with E-state index in [2.05, 4.69) is 49.8 Å². The summed E-state index contributed by atoms with van der Waals surface area (Å²) in [7, 11) is -3.38. The molecule has 118 valence electrons. The molecule has 0 aliphatic carbocycles. The highest BCUT2D eigenvalue weighted by Crippen LogP contribution is 2.27. The lowest BCUT2D eigenvalue weighted by atomic mass is 10.2. The summed E-state index contributed by atoms with van der Waals surface area (Å²) in [5.41, 5.74) is 2.67. The molecule has 7 heteroatoms. The van der Waals surface area contributed by atoms with Gasteiger partial charge in [0.2, 0.25) is 10.0 Å². The van der Waals surface area contributed by atoms with Crippen LogP contribution in [-0.2, 0) is 16.4 Å². The van der Waals surface area contributed by atoms with Crippen LogP contribution in [0.1, 0.15) is 12.0 Å². The van der Waals surface area contributed by atoms with Crippen molar-refractivity contribution in [3.63, 3.8) is 0 Å². The summed E-state index contributed by atoms with van der Waals surface area (Å²) in [6.07, 6.45) is 1.87. The molecule has 0 saturated heterocycles. The molecule has 0 spiro atoms. The van der Waals surface area contributed by atoms with Gasteiger partial charge in [-0.05, 0) is 52.5 Å². The Morgan fingerprint density at radius 3 is 2.82 bits per heavy atom. The normalized spacial score (nSPS) is 14.3. The number of benzene rings is 1. The number of para-hydroxylation sites is 1. The summed E-state index contributed by atoms with van der Waals surface area (Å²) in [5, 5.41) is 0. The van der Waals surface area contributed by atoms with E-state index in [4.69, 9.17) is 0 Å². The van der Waals surface area contributed by atoms with E-state index in [-0.39, 0.29) is 0 Å². The first kappa shape index (κ1) is 16.0. The van der Waals surface area contributed by atoms with Gasteiger partial charge < -0.3 is 4.90 Å². The van der Waals surface area contributed by atoms with Crippen LogP contribution in [0.2, 0.25) is 0 Å². The molecule has 0 saturated carbocycles. The Morgan fingerprint density at radius 2 is 2.05 bits per heavy atom. The van der Waals surface area contributed by atoms with Gasteiger partial charge >= 0.3 is 0 Å². The molecular weight excluding hydrogens is 384 g/mol. The molecule has 1 aliphatic rings. The molecule has 2 heterocycles. The third-order valence-electron chi connectivity index (χ3n) is 3.69. The molecule has 1 aromatic heterocycles. The number of halogens is 1. The summed E-state index contributed by atoms with van der Waals surface area (Å²) >= 11 is 4.51. The first-order valence-electron chi connectivity index (χ1n) is 7.14. The second-order valence-corrected chi connectivity index (χ2v) is 9.63. The second-order valence-electron chi connectivity index (χ2n) is 5.18. The zero-order valence-corrected chi connectivity index (χ0v) is 15.2.